The predicted molar refractivity (Wildman–Crippen MR) is 96.0 cm³/mol. The van der Waals surface area contributed by atoms with Crippen LogP contribution < -0.4 is 0 Å². The summed E-state index contributed by atoms with van der Waals surface area (Å²) in [5.74, 6) is 0. The third-order valence-corrected chi connectivity index (χ3v) is 6.28. The Labute approximate surface area is 141 Å². The highest BCUT2D eigenvalue weighted by Gasteiger charge is 2.46. The highest BCUT2D eigenvalue weighted by atomic mass is 16.3. The van der Waals surface area contributed by atoms with E-state index >= 15 is 0 Å². The van der Waals surface area contributed by atoms with Crippen molar-refractivity contribution in [2.75, 3.05) is 7.05 Å². The molecule has 1 aromatic heterocycles. The van der Waals surface area contributed by atoms with Gasteiger partial charge in [0.15, 0.2) is 0 Å². The molecule has 1 N–H and O–H groups in total. The van der Waals surface area contributed by atoms with Crippen LogP contribution in [-0.2, 0) is 5.60 Å². The first-order chi connectivity index (χ1) is 11.7. The second kappa shape index (κ2) is 5.08. The minimum absolute atomic E-state index is 0.474. The fourth-order valence-electron chi connectivity index (χ4n) is 4.98. The van der Waals surface area contributed by atoms with E-state index in [1.54, 1.807) is 0 Å². The van der Waals surface area contributed by atoms with Crippen LogP contribution in [0.5, 0.6) is 0 Å². The summed E-state index contributed by atoms with van der Waals surface area (Å²) >= 11 is 0. The van der Waals surface area contributed by atoms with Crippen molar-refractivity contribution in [3.63, 3.8) is 0 Å². The summed E-state index contributed by atoms with van der Waals surface area (Å²) in [5.41, 5.74) is 1.96. The first-order valence-electron chi connectivity index (χ1n) is 9.01. The molecule has 3 nitrogen and oxygen atoms in total. The summed E-state index contributed by atoms with van der Waals surface area (Å²) < 4.78 is 6.18. The quantitative estimate of drug-likeness (QED) is 0.721. The van der Waals surface area contributed by atoms with Gasteiger partial charge in [-0.25, -0.2) is 0 Å². The van der Waals surface area contributed by atoms with Gasteiger partial charge < -0.3 is 14.4 Å². The second-order valence-corrected chi connectivity index (χ2v) is 7.62. The molecule has 2 aliphatic rings. The number of hydrogen-bond donors (Lipinski definition) is 1. The minimum Gasteiger partial charge on any atom is -0.456 e. The molecular formula is C21H23NO2. The molecule has 0 aliphatic carbocycles. The Morgan fingerprint density at radius 2 is 1.71 bits per heavy atom. The van der Waals surface area contributed by atoms with Gasteiger partial charge in [-0.3, -0.25) is 0 Å². The van der Waals surface area contributed by atoms with Crippen LogP contribution in [0, 0.1) is 0 Å². The number of hydrogen-bond acceptors (Lipinski definition) is 3. The normalized spacial score (nSPS) is 30.9. The van der Waals surface area contributed by atoms with Crippen LogP contribution in [0.1, 0.15) is 37.7 Å². The van der Waals surface area contributed by atoms with E-state index in [1.165, 1.54) is 19.3 Å². The van der Waals surface area contributed by atoms with E-state index in [4.69, 9.17) is 4.42 Å². The summed E-state index contributed by atoms with van der Waals surface area (Å²) in [6.45, 7) is 0. The molecule has 2 aromatic carbocycles. The van der Waals surface area contributed by atoms with E-state index < -0.39 is 5.60 Å². The summed E-state index contributed by atoms with van der Waals surface area (Å²) in [6, 6.07) is 15.3. The van der Waals surface area contributed by atoms with E-state index in [9.17, 15) is 5.11 Å². The van der Waals surface area contributed by atoms with Gasteiger partial charge in [-0.1, -0.05) is 42.8 Å². The Kier molecular flexibility index (Phi) is 3.07. The lowest BCUT2D eigenvalue weighted by molar-refractivity contribution is -0.0869. The lowest BCUT2D eigenvalue weighted by atomic mass is 9.72. The van der Waals surface area contributed by atoms with Crippen LogP contribution in [0.15, 0.2) is 46.9 Å². The molecule has 0 spiro atoms. The van der Waals surface area contributed by atoms with E-state index in [0.29, 0.717) is 12.1 Å². The van der Waals surface area contributed by atoms with Crippen molar-refractivity contribution in [1.82, 2.24) is 4.90 Å². The van der Waals surface area contributed by atoms with E-state index in [2.05, 4.69) is 36.2 Å². The van der Waals surface area contributed by atoms with Crippen molar-refractivity contribution >= 4 is 21.9 Å². The average molecular weight is 321 g/mol. The van der Waals surface area contributed by atoms with Gasteiger partial charge in [-0.05, 0) is 38.8 Å². The van der Waals surface area contributed by atoms with Gasteiger partial charge >= 0.3 is 0 Å². The third kappa shape index (κ3) is 1.98. The van der Waals surface area contributed by atoms with Crippen LogP contribution in [0.25, 0.3) is 21.9 Å². The van der Waals surface area contributed by atoms with Crippen molar-refractivity contribution in [1.29, 1.82) is 0 Å². The van der Waals surface area contributed by atoms with E-state index in [1.807, 2.05) is 18.2 Å². The van der Waals surface area contributed by atoms with Crippen LogP contribution in [0.4, 0.5) is 0 Å². The lowest BCUT2D eigenvalue weighted by Crippen LogP contribution is -2.55. The van der Waals surface area contributed by atoms with Gasteiger partial charge in [0, 0.05) is 28.4 Å². The predicted octanol–water partition coefficient (Wildman–Crippen LogP) is 4.42. The smallest absolute Gasteiger partial charge is 0.141 e. The highest BCUT2D eigenvalue weighted by molar-refractivity contribution is 6.06. The first kappa shape index (κ1) is 14.5. The zero-order valence-corrected chi connectivity index (χ0v) is 14.0. The molecule has 0 amide bonds. The Balaban J connectivity index is 1.68. The van der Waals surface area contributed by atoms with Gasteiger partial charge in [0.25, 0.3) is 0 Å². The molecule has 3 heterocycles. The molecule has 2 aliphatic heterocycles. The Morgan fingerprint density at radius 1 is 1.00 bits per heavy atom. The summed E-state index contributed by atoms with van der Waals surface area (Å²) in [7, 11) is 2.22. The number of piperidine rings is 2. The van der Waals surface area contributed by atoms with Crippen molar-refractivity contribution in [3.05, 3.63) is 48.0 Å². The summed E-state index contributed by atoms with van der Waals surface area (Å²) in [4.78, 5) is 2.48. The van der Waals surface area contributed by atoms with Gasteiger partial charge in [0.1, 0.15) is 11.2 Å². The minimum atomic E-state index is -0.782. The molecule has 2 bridgehead atoms. The van der Waals surface area contributed by atoms with Crippen LogP contribution in [0.2, 0.25) is 0 Å². The summed E-state index contributed by atoms with van der Waals surface area (Å²) in [5, 5.41) is 13.8. The number of fused-ring (bicyclic) bond motifs is 5. The SMILES string of the molecule is CN1C2CCCC1CC(O)(c1cccc3c1oc1ccccc13)C2. The Bertz CT molecular complexity index is 898. The first-order valence-corrected chi connectivity index (χ1v) is 9.01. The maximum Gasteiger partial charge on any atom is 0.141 e. The standard InChI is InChI=1S/C21H23NO2/c1-22-14-6-4-7-15(22)13-21(23,12-14)18-10-5-9-17-16-8-2-3-11-19(16)24-20(17)18/h2-3,5,8-11,14-15,23H,4,6-7,12-13H2,1H3. The number of rotatable bonds is 1. The average Bonchev–Trinajstić information content (AvgIpc) is 2.95. The van der Waals surface area contributed by atoms with Crippen LogP contribution >= 0.6 is 0 Å². The van der Waals surface area contributed by atoms with Gasteiger partial charge in [0.05, 0.1) is 5.60 Å². The fraction of sp³-hybridized carbons (Fsp3) is 0.429. The lowest BCUT2D eigenvalue weighted by Gasteiger charge is -2.50. The van der Waals surface area contributed by atoms with Gasteiger partial charge in [-0.2, -0.15) is 0 Å². The van der Waals surface area contributed by atoms with Crippen molar-refractivity contribution in [2.24, 2.45) is 0 Å². The maximum atomic E-state index is 11.6. The van der Waals surface area contributed by atoms with Crippen molar-refractivity contribution < 1.29 is 9.52 Å². The van der Waals surface area contributed by atoms with E-state index in [-0.39, 0.29) is 0 Å². The monoisotopic (exact) mass is 321 g/mol. The molecule has 24 heavy (non-hydrogen) atoms. The molecule has 3 heteroatoms. The topological polar surface area (TPSA) is 36.6 Å². The largest absolute Gasteiger partial charge is 0.456 e. The molecule has 2 atom stereocenters. The Hall–Kier alpha value is -1.84. The van der Waals surface area contributed by atoms with Gasteiger partial charge in [0.2, 0.25) is 0 Å². The summed E-state index contributed by atoms with van der Waals surface area (Å²) in [6.07, 6.45) is 5.26. The number of furan rings is 1. The number of benzene rings is 2. The van der Waals surface area contributed by atoms with Crippen molar-refractivity contribution in [3.8, 4) is 0 Å². The zero-order valence-electron chi connectivity index (χ0n) is 14.0. The highest BCUT2D eigenvalue weighted by Crippen LogP contribution is 2.46. The molecule has 124 valence electrons. The van der Waals surface area contributed by atoms with Crippen LogP contribution in [0.3, 0.4) is 0 Å². The molecule has 3 aromatic rings. The number of nitrogens with zero attached hydrogens (tertiary/aromatic N) is 1. The molecule has 2 saturated heterocycles. The Morgan fingerprint density at radius 3 is 2.50 bits per heavy atom. The second-order valence-electron chi connectivity index (χ2n) is 7.62. The molecular weight excluding hydrogens is 298 g/mol. The number of para-hydroxylation sites is 2. The molecule has 0 radical (unpaired) electrons. The molecule has 2 fully saturated rings. The molecule has 2 unspecified atom stereocenters. The fourth-order valence-corrected chi connectivity index (χ4v) is 4.98. The molecule has 0 saturated carbocycles. The zero-order chi connectivity index (χ0) is 16.3. The maximum absolute atomic E-state index is 11.6. The van der Waals surface area contributed by atoms with Gasteiger partial charge in [-0.15, -0.1) is 0 Å². The third-order valence-electron chi connectivity index (χ3n) is 6.28. The van der Waals surface area contributed by atoms with Crippen LogP contribution in [-0.4, -0.2) is 29.1 Å². The van der Waals surface area contributed by atoms with Crippen molar-refractivity contribution in [2.45, 2.75) is 49.8 Å². The molecule has 5 rings (SSSR count). The van der Waals surface area contributed by atoms with E-state index in [0.717, 1.165) is 40.3 Å². The number of aliphatic hydroxyl groups is 1.